The number of allylic oxidation sites excluding steroid dienone is 2. The van der Waals surface area contributed by atoms with E-state index in [4.69, 9.17) is 0 Å². The van der Waals surface area contributed by atoms with Crippen LogP contribution < -0.4 is 33.4 Å². The molecule has 2 aromatic carbocycles. The van der Waals surface area contributed by atoms with Crippen molar-refractivity contribution in [1.29, 1.82) is 0 Å². The number of para-hydroxylation sites is 2. The molecule has 156 valence electrons. The molecule has 2 nitrogen and oxygen atoms in total. The number of aromatic nitrogens is 1. The predicted octanol–water partition coefficient (Wildman–Crippen LogP) is 3.79. The second-order valence-electron chi connectivity index (χ2n) is 7.06. The average molecular weight is 593 g/mol. The Morgan fingerprint density at radius 3 is 2.67 bits per heavy atom. The van der Waals surface area contributed by atoms with Gasteiger partial charge in [0.2, 0.25) is 5.52 Å². The van der Waals surface area contributed by atoms with E-state index in [1.54, 1.807) is 0 Å². The van der Waals surface area contributed by atoms with Crippen LogP contribution in [0.3, 0.4) is 0 Å². The molecule has 0 saturated heterocycles. The Kier molecular flexibility index (Phi) is 8.84. The van der Waals surface area contributed by atoms with E-state index in [-0.39, 0.29) is 24.0 Å². The number of alkyl halides is 1. The van der Waals surface area contributed by atoms with Crippen LogP contribution in [0.2, 0.25) is 0 Å². The monoisotopic (exact) mass is 592 g/mol. The molecule has 0 spiro atoms. The summed E-state index contributed by atoms with van der Waals surface area (Å²) in [5.74, 6) is 0. The Morgan fingerprint density at radius 2 is 1.83 bits per heavy atom. The topological polar surface area (TPSA) is 7.12 Å². The molecular formula is C25H26BrIN2S. The van der Waals surface area contributed by atoms with Gasteiger partial charge in [-0.05, 0) is 49.6 Å². The molecule has 0 aliphatic carbocycles. The molecule has 2 heterocycles. The van der Waals surface area contributed by atoms with Crippen molar-refractivity contribution in [3.05, 3.63) is 83.5 Å². The lowest BCUT2D eigenvalue weighted by Crippen LogP contribution is -3.00. The van der Waals surface area contributed by atoms with Crippen molar-refractivity contribution in [3.63, 3.8) is 0 Å². The third-order valence-electron chi connectivity index (χ3n) is 5.22. The number of unbranched alkanes of at least 4 members (excludes halogenated alkanes) is 1. The average Bonchev–Trinajstić information content (AvgIpc) is 3.11. The molecule has 0 amide bonds. The van der Waals surface area contributed by atoms with Gasteiger partial charge in [-0.3, -0.25) is 0 Å². The summed E-state index contributed by atoms with van der Waals surface area (Å²) in [4.78, 5) is 3.81. The van der Waals surface area contributed by atoms with E-state index in [2.05, 4.69) is 111 Å². The van der Waals surface area contributed by atoms with E-state index >= 15 is 0 Å². The molecule has 4 rings (SSSR count). The van der Waals surface area contributed by atoms with Gasteiger partial charge in [0.1, 0.15) is 6.54 Å². The van der Waals surface area contributed by atoms with Gasteiger partial charge in [0.25, 0.3) is 0 Å². The molecule has 0 radical (unpaired) electrons. The van der Waals surface area contributed by atoms with Crippen LogP contribution in [0.1, 0.15) is 25.3 Å². The van der Waals surface area contributed by atoms with Crippen molar-refractivity contribution in [1.82, 2.24) is 0 Å². The molecule has 0 bridgehead atoms. The predicted molar refractivity (Wildman–Crippen MR) is 130 cm³/mol. The van der Waals surface area contributed by atoms with Crippen LogP contribution in [0.25, 0.3) is 17.0 Å². The van der Waals surface area contributed by atoms with Gasteiger partial charge in [0, 0.05) is 28.9 Å². The fraction of sp³-hybridized carbons (Fsp3) is 0.240. The first kappa shape index (κ1) is 23.4. The van der Waals surface area contributed by atoms with Gasteiger partial charge in [-0.1, -0.05) is 64.1 Å². The van der Waals surface area contributed by atoms with E-state index in [1.807, 2.05) is 11.8 Å². The summed E-state index contributed by atoms with van der Waals surface area (Å²) in [6.07, 6.45) is 11.2. The number of aryl methyl sites for hydroxylation is 1. The minimum absolute atomic E-state index is 0. The Bertz CT molecular complexity index is 1060. The molecule has 0 N–H and O–H groups in total. The molecule has 0 unspecified atom stereocenters. The number of thioether (sulfide) groups is 1. The number of anilines is 1. The zero-order chi connectivity index (χ0) is 20.1. The number of nitrogens with zero attached hydrogens (tertiary/aromatic N) is 2. The largest absolute Gasteiger partial charge is 1.00 e. The number of benzene rings is 2. The maximum atomic E-state index is 3.55. The van der Waals surface area contributed by atoms with Crippen LogP contribution >= 0.6 is 27.7 Å². The van der Waals surface area contributed by atoms with Gasteiger partial charge in [-0.25, -0.2) is 0 Å². The summed E-state index contributed by atoms with van der Waals surface area (Å²) in [6.45, 7) is 4.22. The number of rotatable bonds is 7. The molecule has 30 heavy (non-hydrogen) atoms. The Hall–Kier alpha value is -1.31. The smallest absolute Gasteiger partial charge is 0.213 e. The van der Waals surface area contributed by atoms with Gasteiger partial charge in [-0.2, -0.15) is 4.57 Å². The van der Waals surface area contributed by atoms with E-state index < -0.39 is 0 Å². The summed E-state index contributed by atoms with van der Waals surface area (Å²) in [7, 11) is 0. The molecular weight excluding hydrogens is 567 g/mol. The number of hydrogen-bond donors (Lipinski definition) is 0. The molecule has 1 aliphatic heterocycles. The molecule has 5 heteroatoms. The lowest BCUT2D eigenvalue weighted by Gasteiger charge is -2.20. The summed E-state index contributed by atoms with van der Waals surface area (Å²) in [6, 6.07) is 19.6. The van der Waals surface area contributed by atoms with Gasteiger partial charge in [0.15, 0.2) is 6.20 Å². The number of pyridine rings is 1. The van der Waals surface area contributed by atoms with Crippen LogP contribution in [0.4, 0.5) is 5.69 Å². The molecule has 1 aliphatic rings. The van der Waals surface area contributed by atoms with Crippen molar-refractivity contribution in [2.24, 2.45) is 0 Å². The Morgan fingerprint density at radius 1 is 1.03 bits per heavy atom. The van der Waals surface area contributed by atoms with Crippen LogP contribution in [-0.2, 0) is 6.54 Å². The second-order valence-corrected chi connectivity index (χ2v) is 8.91. The van der Waals surface area contributed by atoms with Gasteiger partial charge in [0.05, 0.1) is 16.1 Å². The third kappa shape index (κ3) is 5.11. The molecule has 0 saturated carbocycles. The summed E-state index contributed by atoms with van der Waals surface area (Å²) in [5.41, 5.74) is 3.87. The number of halogens is 2. The van der Waals surface area contributed by atoms with Crippen LogP contribution in [0.15, 0.2) is 82.9 Å². The highest BCUT2D eigenvalue weighted by Crippen LogP contribution is 2.45. The second kappa shape index (κ2) is 11.3. The van der Waals surface area contributed by atoms with Gasteiger partial charge >= 0.3 is 0 Å². The number of hydrogen-bond acceptors (Lipinski definition) is 2. The highest BCUT2D eigenvalue weighted by atomic mass is 127. The number of fused-ring (bicyclic) bond motifs is 2. The van der Waals surface area contributed by atoms with Crippen molar-refractivity contribution in [3.8, 4) is 0 Å². The lowest BCUT2D eigenvalue weighted by atomic mass is 10.1. The van der Waals surface area contributed by atoms with E-state index in [9.17, 15) is 0 Å². The molecule has 0 fully saturated rings. The SMILES string of the molecule is CC[n+]1ccc(/C=C/C=C2/Sc3ccccc3N2CCCCBr)c2ccccc21.[I-]. The van der Waals surface area contributed by atoms with E-state index in [0.29, 0.717) is 0 Å². The maximum Gasteiger partial charge on any atom is 0.213 e. The maximum absolute atomic E-state index is 3.55. The van der Waals surface area contributed by atoms with Crippen LogP contribution in [-0.4, -0.2) is 11.9 Å². The van der Waals surface area contributed by atoms with E-state index in [0.717, 1.165) is 18.4 Å². The van der Waals surface area contributed by atoms with Gasteiger partial charge < -0.3 is 28.9 Å². The van der Waals surface area contributed by atoms with Crippen molar-refractivity contribution in [2.75, 3.05) is 16.8 Å². The standard InChI is InChI=1S/C25H26BrN2S.HI/c1-2-27-19-16-20(21-11-3-4-12-22(21)27)10-9-15-25-28(18-8-7-17-26)23-13-5-6-14-24(23)29-25;/h3-6,9-16,19H,2,7-8,17-18H2,1H3;1H/q+1;/p-1. The third-order valence-corrected chi connectivity index (χ3v) is 6.91. The fourth-order valence-corrected chi connectivity index (χ4v) is 5.23. The summed E-state index contributed by atoms with van der Waals surface area (Å²) in [5, 5.41) is 3.66. The zero-order valence-electron chi connectivity index (χ0n) is 17.1. The fourth-order valence-electron chi connectivity index (χ4n) is 3.74. The van der Waals surface area contributed by atoms with Crippen molar-refractivity contribution < 1.29 is 28.5 Å². The first-order chi connectivity index (χ1) is 14.3. The first-order valence-corrected chi connectivity index (χ1v) is 12.2. The van der Waals surface area contributed by atoms with E-state index in [1.165, 1.54) is 44.9 Å². The van der Waals surface area contributed by atoms with Crippen molar-refractivity contribution >= 4 is 50.4 Å². The van der Waals surface area contributed by atoms with Gasteiger partial charge in [-0.15, -0.1) is 0 Å². The highest BCUT2D eigenvalue weighted by molar-refractivity contribution is 9.09. The molecule has 3 aromatic rings. The Balaban J connectivity index is 0.00000256. The quantitative estimate of drug-likeness (QED) is 0.178. The van der Waals surface area contributed by atoms with Crippen molar-refractivity contribution in [2.45, 2.75) is 31.2 Å². The lowest BCUT2D eigenvalue weighted by molar-refractivity contribution is -0.667. The Labute approximate surface area is 209 Å². The first-order valence-electron chi connectivity index (χ1n) is 10.2. The minimum Gasteiger partial charge on any atom is -1.00 e. The minimum atomic E-state index is 0. The van der Waals surface area contributed by atoms with Crippen LogP contribution in [0.5, 0.6) is 0 Å². The summed E-state index contributed by atoms with van der Waals surface area (Å²) >= 11 is 5.42. The molecule has 0 atom stereocenters. The summed E-state index contributed by atoms with van der Waals surface area (Å²) < 4.78 is 2.29. The highest BCUT2D eigenvalue weighted by Gasteiger charge is 2.23. The molecule has 1 aromatic heterocycles. The normalized spacial score (nSPS) is 14.5. The van der Waals surface area contributed by atoms with Crippen LogP contribution in [0, 0.1) is 0 Å². The zero-order valence-corrected chi connectivity index (χ0v) is 21.7.